The Balaban J connectivity index is 1.53. The smallest absolute Gasteiger partial charge is 0.295 e. The molecule has 0 aliphatic heterocycles. The van der Waals surface area contributed by atoms with Crippen LogP contribution in [0.4, 0.5) is 5.13 Å². The van der Waals surface area contributed by atoms with Crippen molar-refractivity contribution < 1.29 is 9.21 Å². The van der Waals surface area contributed by atoms with Gasteiger partial charge < -0.3 is 9.73 Å². The molecular formula is C25H26ClN5O2S. The minimum Gasteiger partial charge on any atom is -0.435 e. The number of pyridine rings is 1. The number of anilines is 1. The second-order valence-electron chi connectivity index (χ2n) is 8.18. The summed E-state index contributed by atoms with van der Waals surface area (Å²) in [7, 11) is 0. The van der Waals surface area contributed by atoms with E-state index in [4.69, 9.17) is 16.0 Å². The van der Waals surface area contributed by atoms with Crippen molar-refractivity contribution >= 4 is 34.0 Å². The molecule has 176 valence electrons. The number of nitrogens with one attached hydrogen (secondary N) is 2. The van der Waals surface area contributed by atoms with Crippen molar-refractivity contribution in [1.29, 1.82) is 0 Å². The lowest BCUT2D eigenvalue weighted by Gasteiger charge is -2.09. The zero-order valence-electron chi connectivity index (χ0n) is 19.5. The summed E-state index contributed by atoms with van der Waals surface area (Å²) < 4.78 is 5.75. The SMILES string of the molecule is CCc1nc(-c2ccc(Cl)cc2)c(C(=O)Nc2nc(-c3ncc(CNC(C)C)cc3C)cs2)o1. The molecule has 0 atom stereocenters. The van der Waals surface area contributed by atoms with Gasteiger partial charge in [-0.3, -0.25) is 15.1 Å². The Hall–Kier alpha value is -3.07. The van der Waals surface area contributed by atoms with Gasteiger partial charge in [0, 0.05) is 41.2 Å². The lowest BCUT2D eigenvalue weighted by atomic mass is 10.1. The number of hydrogen-bond donors (Lipinski definition) is 2. The molecule has 0 unspecified atom stereocenters. The average molecular weight is 496 g/mol. The molecule has 34 heavy (non-hydrogen) atoms. The third-order valence-electron chi connectivity index (χ3n) is 5.11. The molecule has 1 aromatic carbocycles. The van der Waals surface area contributed by atoms with Crippen LogP contribution in [0, 0.1) is 6.92 Å². The van der Waals surface area contributed by atoms with Gasteiger partial charge in [0.2, 0.25) is 5.76 Å². The highest BCUT2D eigenvalue weighted by atomic mass is 35.5. The van der Waals surface area contributed by atoms with E-state index in [1.54, 1.807) is 12.1 Å². The van der Waals surface area contributed by atoms with Crippen LogP contribution in [0.5, 0.6) is 0 Å². The number of benzene rings is 1. The number of thiazole rings is 1. The van der Waals surface area contributed by atoms with E-state index in [-0.39, 0.29) is 5.76 Å². The van der Waals surface area contributed by atoms with Gasteiger partial charge in [-0.2, -0.15) is 0 Å². The summed E-state index contributed by atoms with van der Waals surface area (Å²) in [6.07, 6.45) is 2.43. The van der Waals surface area contributed by atoms with E-state index in [0.717, 1.165) is 28.9 Å². The average Bonchev–Trinajstić information content (AvgIpc) is 3.45. The molecule has 7 nitrogen and oxygen atoms in total. The summed E-state index contributed by atoms with van der Waals surface area (Å²) >= 11 is 7.34. The normalized spacial score (nSPS) is 11.2. The van der Waals surface area contributed by atoms with Crippen molar-refractivity contribution in [1.82, 2.24) is 20.3 Å². The van der Waals surface area contributed by atoms with Crippen molar-refractivity contribution in [3.63, 3.8) is 0 Å². The van der Waals surface area contributed by atoms with Gasteiger partial charge in [-0.25, -0.2) is 9.97 Å². The van der Waals surface area contributed by atoms with Crippen LogP contribution >= 0.6 is 22.9 Å². The van der Waals surface area contributed by atoms with Gasteiger partial charge in [0.1, 0.15) is 11.4 Å². The molecule has 3 heterocycles. The Bertz CT molecular complexity index is 1300. The van der Waals surface area contributed by atoms with Gasteiger partial charge in [0.15, 0.2) is 11.0 Å². The fraction of sp³-hybridized carbons (Fsp3) is 0.280. The second kappa shape index (κ2) is 10.5. The maximum Gasteiger partial charge on any atom is 0.295 e. The number of amides is 1. The summed E-state index contributed by atoms with van der Waals surface area (Å²) in [5.41, 5.74) is 4.88. The Labute approximate surface area is 207 Å². The van der Waals surface area contributed by atoms with Crippen LogP contribution in [0.25, 0.3) is 22.6 Å². The first-order chi connectivity index (χ1) is 16.3. The summed E-state index contributed by atoms with van der Waals surface area (Å²) in [5, 5.41) is 9.19. The van der Waals surface area contributed by atoms with Crippen LogP contribution < -0.4 is 10.6 Å². The van der Waals surface area contributed by atoms with Crippen molar-refractivity contribution in [2.75, 3.05) is 5.32 Å². The molecule has 0 aliphatic carbocycles. The number of nitrogens with zero attached hydrogens (tertiary/aromatic N) is 3. The molecule has 0 aliphatic rings. The van der Waals surface area contributed by atoms with E-state index in [1.165, 1.54) is 11.3 Å². The van der Waals surface area contributed by atoms with Gasteiger partial charge >= 0.3 is 0 Å². The minimum atomic E-state index is -0.405. The van der Waals surface area contributed by atoms with E-state index in [0.29, 0.717) is 39.9 Å². The fourth-order valence-electron chi connectivity index (χ4n) is 3.39. The van der Waals surface area contributed by atoms with Crippen molar-refractivity contribution in [3.8, 4) is 22.6 Å². The van der Waals surface area contributed by atoms with Crippen LogP contribution in [0.1, 0.15) is 48.3 Å². The molecule has 1 amide bonds. The summed E-state index contributed by atoms with van der Waals surface area (Å²) in [6, 6.07) is 9.65. The zero-order chi connectivity index (χ0) is 24.2. The maximum atomic E-state index is 13.1. The highest BCUT2D eigenvalue weighted by Crippen LogP contribution is 2.29. The molecule has 0 saturated heterocycles. The van der Waals surface area contributed by atoms with E-state index in [9.17, 15) is 4.79 Å². The van der Waals surface area contributed by atoms with Gasteiger partial charge in [-0.05, 0) is 30.2 Å². The monoisotopic (exact) mass is 495 g/mol. The van der Waals surface area contributed by atoms with E-state index >= 15 is 0 Å². The van der Waals surface area contributed by atoms with Gasteiger partial charge in [0.25, 0.3) is 5.91 Å². The van der Waals surface area contributed by atoms with Crippen LogP contribution in [-0.2, 0) is 13.0 Å². The van der Waals surface area contributed by atoms with Gasteiger partial charge in [-0.15, -0.1) is 11.3 Å². The molecular weight excluding hydrogens is 470 g/mol. The molecule has 4 aromatic rings. The number of aryl methyl sites for hydroxylation is 2. The first-order valence-electron chi connectivity index (χ1n) is 11.1. The van der Waals surface area contributed by atoms with E-state index < -0.39 is 5.91 Å². The van der Waals surface area contributed by atoms with Gasteiger partial charge in [-0.1, -0.05) is 50.6 Å². The maximum absolute atomic E-state index is 13.1. The van der Waals surface area contributed by atoms with E-state index in [2.05, 4.69) is 45.5 Å². The Kier molecular flexibility index (Phi) is 7.41. The number of aromatic nitrogens is 3. The second-order valence-corrected chi connectivity index (χ2v) is 9.48. The van der Waals surface area contributed by atoms with E-state index in [1.807, 2.05) is 37.6 Å². The minimum absolute atomic E-state index is 0.146. The standard InChI is InChI=1S/C25H26ClN5O2S/c1-5-20-30-22(17-6-8-18(26)9-7-17)23(33-20)24(32)31-25-29-19(13-34-25)21-15(4)10-16(12-28-21)11-27-14(2)3/h6-10,12-14,27H,5,11H2,1-4H3,(H,29,31,32). The Morgan fingerprint density at radius 3 is 2.62 bits per heavy atom. The highest BCUT2D eigenvalue weighted by molar-refractivity contribution is 7.14. The number of carbonyl (C=O) groups is 1. The predicted molar refractivity (Wildman–Crippen MR) is 136 cm³/mol. The molecule has 3 aromatic heterocycles. The molecule has 0 fully saturated rings. The van der Waals surface area contributed by atoms with Crippen molar-refractivity contribution in [2.45, 2.75) is 46.7 Å². The Morgan fingerprint density at radius 2 is 1.94 bits per heavy atom. The predicted octanol–water partition coefficient (Wildman–Crippen LogP) is 6.13. The molecule has 2 N–H and O–H groups in total. The molecule has 0 radical (unpaired) electrons. The number of hydrogen-bond acceptors (Lipinski definition) is 7. The van der Waals surface area contributed by atoms with Crippen LogP contribution in [-0.4, -0.2) is 26.9 Å². The molecule has 4 rings (SSSR count). The molecule has 9 heteroatoms. The largest absolute Gasteiger partial charge is 0.435 e. The number of halogens is 1. The molecule has 0 saturated carbocycles. The lowest BCUT2D eigenvalue weighted by molar-refractivity contribution is 0.0996. The topological polar surface area (TPSA) is 92.9 Å². The number of oxazole rings is 1. The first kappa shape index (κ1) is 24.1. The lowest BCUT2D eigenvalue weighted by Crippen LogP contribution is -2.21. The third-order valence-corrected chi connectivity index (χ3v) is 6.12. The fourth-order valence-corrected chi connectivity index (χ4v) is 4.20. The quantitative estimate of drug-likeness (QED) is 0.305. The van der Waals surface area contributed by atoms with Gasteiger partial charge in [0.05, 0.1) is 5.69 Å². The molecule has 0 bridgehead atoms. The van der Waals surface area contributed by atoms with Crippen LogP contribution in [0.2, 0.25) is 5.02 Å². The van der Waals surface area contributed by atoms with Crippen LogP contribution in [0.15, 0.2) is 46.3 Å². The zero-order valence-corrected chi connectivity index (χ0v) is 21.0. The molecule has 0 spiro atoms. The Morgan fingerprint density at radius 1 is 1.18 bits per heavy atom. The number of rotatable bonds is 8. The third kappa shape index (κ3) is 5.52. The van der Waals surface area contributed by atoms with Crippen molar-refractivity contribution in [2.24, 2.45) is 0 Å². The van der Waals surface area contributed by atoms with Crippen LogP contribution in [0.3, 0.4) is 0 Å². The highest BCUT2D eigenvalue weighted by Gasteiger charge is 2.22. The summed E-state index contributed by atoms with van der Waals surface area (Å²) in [5.74, 6) is 0.229. The van der Waals surface area contributed by atoms with Crippen molar-refractivity contribution in [3.05, 3.63) is 69.7 Å². The summed E-state index contributed by atoms with van der Waals surface area (Å²) in [4.78, 5) is 26.7. The first-order valence-corrected chi connectivity index (χ1v) is 12.3. The number of carbonyl (C=O) groups excluding carboxylic acids is 1. The summed E-state index contributed by atoms with van der Waals surface area (Å²) in [6.45, 7) is 8.92.